The Bertz CT molecular complexity index is 655. The zero-order valence-corrected chi connectivity index (χ0v) is 17.1. The summed E-state index contributed by atoms with van der Waals surface area (Å²) in [5.41, 5.74) is 2.71. The van der Waals surface area contributed by atoms with Gasteiger partial charge in [0.05, 0.1) is 19.3 Å². The molecular weight excluding hydrogens is 338 g/mol. The predicted molar refractivity (Wildman–Crippen MR) is 107 cm³/mol. The summed E-state index contributed by atoms with van der Waals surface area (Å²) in [6.45, 7) is 10.1. The molecule has 2 fully saturated rings. The van der Waals surface area contributed by atoms with Crippen molar-refractivity contribution in [1.82, 2.24) is 4.90 Å². The van der Waals surface area contributed by atoms with Crippen LogP contribution in [0.3, 0.4) is 0 Å². The first-order valence-corrected chi connectivity index (χ1v) is 10.9. The van der Waals surface area contributed by atoms with E-state index < -0.39 is 0 Å². The van der Waals surface area contributed by atoms with Gasteiger partial charge in [-0.25, -0.2) is 0 Å². The van der Waals surface area contributed by atoms with Gasteiger partial charge in [-0.2, -0.15) is 0 Å². The molecule has 2 heterocycles. The van der Waals surface area contributed by atoms with Crippen LogP contribution in [0.4, 0.5) is 0 Å². The lowest BCUT2D eigenvalue weighted by atomic mass is 9.79. The number of piperidine rings is 1. The molecule has 4 nitrogen and oxygen atoms in total. The van der Waals surface area contributed by atoms with Crippen molar-refractivity contribution >= 4 is 0 Å². The average Bonchev–Trinajstić information content (AvgIpc) is 3.45. The summed E-state index contributed by atoms with van der Waals surface area (Å²) >= 11 is 0. The van der Waals surface area contributed by atoms with Crippen LogP contribution in [-0.4, -0.2) is 42.4 Å². The van der Waals surface area contributed by atoms with Gasteiger partial charge in [0.15, 0.2) is 11.5 Å². The summed E-state index contributed by atoms with van der Waals surface area (Å²) in [5.74, 6) is 3.55. The minimum atomic E-state index is -0.207. The molecule has 1 aromatic carbocycles. The van der Waals surface area contributed by atoms with Crippen molar-refractivity contribution < 1.29 is 14.6 Å². The third-order valence-corrected chi connectivity index (χ3v) is 6.40. The van der Waals surface area contributed by atoms with Crippen molar-refractivity contribution in [2.45, 2.75) is 65.0 Å². The van der Waals surface area contributed by atoms with E-state index in [4.69, 9.17) is 9.47 Å². The first-order valence-electron chi connectivity index (χ1n) is 10.9. The molecule has 0 radical (unpaired) electrons. The van der Waals surface area contributed by atoms with E-state index in [0.717, 1.165) is 56.4 Å². The van der Waals surface area contributed by atoms with Crippen LogP contribution in [-0.2, 0) is 6.42 Å². The van der Waals surface area contributed by atoms with Gasteiger partial charge in [-0.15, -0.1) is 0 Å². The van der Waals surface area contributed by atoms with Gasteiger partial charge in [0, 0.05) is 19.1 Å². The Balaban J connectivity index is 1.56. The zero-order chi connectivity index (χ0) is 19.0. The SMILES string of the molecule is CCOc1cc2c(cc1OCC1CC1)CCN1CC(CC(C)C)C(O)CC21. The highest BCUT2D eigenvalue weighted by Crippen LogP contribution is 2.44. The highest BCUT2D eigenvalue weighted by Gasteiger charge is 2.38. The lowest BCUT2D eigenvalue weighted by Gasteiger charge is -2.46. The van der Waals surface area contributed by atoms with E-state index >= 15 is 0 Å². The number of hydrogen-bond acceptors (Lipinski definition) is 4. The van der Waals surface area contributed by atoms with E-state index in [2.05, 4.69) is 30.9 Å². The van der Waals surface area contributed by atoms with Gasteiger partial charge in [-0.3, -0.25) is 4.90 Å². The second-order valence-electron chi connectivity index (χ2n) is 9.14. The Labute approximate surface area is 163 Å². The highest BCUT2D eigenvalue weighted by atomic mass is 16.5. The molecule has 1 N–H and O–H groups in total. The summed E-state index contributed by atoms with van der Waals surface area (Å²) in [6.07, 6.45) is 5.37. The largest absolute Gasteiger partial charge is 0.490 e. The van der Waals surface area contributed by atoms with Gasteiger partial charge in [-0.05, 0) is 80.0 Å². The third-order valence-electron chi connectivity index (χ3n) is 6.40. The standard InChI is InChI=1S/C23H35NO3/c1-4-26-23-11-19-17(10-22(23)27-14-16-5-6-16)7-8-24-13-18(9-15(2)3)21(25)12-20(19)24/h10-11,15-16,18,20-21,25H,4-9,12-14H2,1-3H3. The number of aliphatic hydroxyl groups excluding tert-OH is 1. The quantitative estimate of drug-likeness (QED) is 0.778. The van der Waals surface area contributed by atoms with E-state index in [-0.39, 0.29) is 6.10 Å². The van der Waals surface area contributed by atoms with Gasteiger partial charge >= 0.3 is 0 Å². The molecule has 27 heavy (non-hydrogen) atoms. The molecule has 1 saturated carbocycles. The fourth-order valence-corrected chi connectivity index (χ4v) is 4.81. The molecule has 1 aromatic rings. The molecule has 3 aliphatic rings. The smallest absolute Gasteiger partial charge is 0.161 e. The van der Waals surface area contributed by atoms with E-state index in [1.807, 2.05) is 6.92 Å². The highest BCUT2D eigenvalue weighted by molar-refractivity contribution is 5.49. The average molecular weight is 374 g/mol. The molecule has 3 atom stereocenters. The summed E-state index contributed by atoms with van der Waals surface area (Å²) < 4.78 is 12.0. The molecule has 3 unspecified atom stereocenters. The molecule has 1 saturated heterocycles. The number of ether oxygens (including phenoxy) is 2. The number of rotatable bonds is 7. The predicted octanol–water partition coefficient (Wildman–Crippen LogP) is 4.20. The van der Waals surface area contributed by atoms with Crippen molar-refractivity contribution in [2.24, 2.45) is 17.8 Å². The van der Waals surface area contributed by atoms with E-state index in [0.29, 0.717) is 24.5 Å². The molecular formula is C23H35NO3. The Morgan fingerprint density at radius 1 is 1.19 bits per heavy atom. The fourth-order valence-electron chi connectivity index (χ4n) is 4.81. The molecule has 0 aromatic heterocycles. The first-order chi connectivity index (χ1) is 13.0. The maximum Gasteiger partial charge on any atom is 0.161 e. The van der Waals surface area contributed by atoms with Crippen LogP contribution in [0.5, 0.6) is 11.5 Å². The van der Waals surface area contributed by atoms with Gasteiger partial charge in [0.2, 0.25) is 0 Å². The molecule has 150 valence electrons. The summed E-state index contributed by atoms with van der Waals surface area (Å²) in [4.78, 5) is 2.59. The van der Waals surface area contributed by atoms with E-state index in [1.165, 1.54) is 24.0 Å². The Hall–Kier alpha value is -1.26. The molecule has 2 aliphatic heterocycles. The second-order valence-corrected chi connectivity index (χ2v) is 9.14. The van der Waals surface area contributed by atoms with E-state index in [9.17, 15) is 5.11 Å². The number of aliphatic hydroxyl groups is 1. The molecule has 0 amide bonds. The normalized spacial score (nSPS) is 28.0. The monoisotopic (exact) mass is 373 g/mol. The van der Waals surface area contributed by atoms with Crippen molar-refractivity contribution in [2.75, 3.05) is 26.3 Å². The van der Waals surface area contributed by atoms with Crippen LogP contribution in [0.1, 0.15) is 63.6 Å². The minimum Gasteiger partial charge on any atom is -0.490 e. The summed E-state index contributed by atoms with van der Waals surface area (Å²) in [7, 11) is 0. The molecule has 4 rings (SSSR count). The van der Waals surface area contributed by atoms with Crippen molar-refractivity contribution in [3.63, 3.8) is 0 Å². The zero-order valence-electron chi connectivity index (χ0n) is 17.1. The van der Waals surface area contributed by atoms with Crippen LogP contribution >= 0.6 is 0 Å². The van der Waals surface area contributed by atoms with Crippen LogP contribution in [0.15, 0.2) is 12.1 Å². The second kappa shape index (κ2) is 8.00. The maximum absolute atomic E-state index is 10.8. The Morgan fingerprint density at radius 3 is 2.67 bits per heavy atom. The lowest BCUT2D eigenvalue weighted by molar-refractivity contribution is -0.0192. The summed E-state index contributed by atoms with van der Waals surface area (Å²) in [6, 6.07) is 4.73. The summed E-state index contributed by atoms with van der Waals surface area (Å²) in [5, 5.41) is 10.8. The maximum atomic E-state index is 10.8. The van der Waals surface area contributed by atoms with Crippen LogP contribution in [0.25, 0.3) is 0 Å². The molecule has 1 aliphatic carbocycles. The van der Waals surface area contributed by atoms with Gasteiger partial charge < -0.3 is 14.6 Å². The minimum absolute atomic E-state index is 0.207. The first kappa shape index (κ1) is 19.1. The van der Waals surface area contributed by atoms with Crippen LogP contribution in [0.2, 0.25) is 0 Å². The topological polar surface area (TPSA) is 41.9 Å². The van der Waals surface area contributed by atoms with Crippen molar-refractivity contribution in [3.8, 4) is 11.5 Å². The van der Waals surface area contributed by atoms with Crippen molar-refractivity contribution in [3.05, 3.63) is 23.3 Å². The van der Waals surface area contributed by atoms with Gasteiger partial charge in [0.1, 0.15) is 0 Å². The van der Waals surface area contributed by atoms with E-state index in [1.54, 1.807) is 0 Å². The van der Waals surface area contributed by atoms with Gasteiger partial charge in [-0.1, -0.05) is 13.8 Å². The number of nitrogens with zero attached hydrogens (tertiary/aromatic N) is 1. The Morgan fingerprint density at radius 2 is 1.96 bits per heavy atom. The number of fused-ring (bicyclic) bond motifs is 3. The number of hydrogen-bond donors (Lipinski definition) is 1. The van der Waals surface area contributed by atoms with Crippen LogP contribution in [0, 0.1) is 17.8 Å². The lowest BCUT2D eigenvalue weighted by Crippen LogP contribution is -2.48. The Kier molecular flexibility index (Phi) is 5.65. The number of benzene rings is 1. The fraction of sp³-hybridized carbons (Fsp3) is 0.739. The molecule has 4 heteroatoms. The molecule has 0 spiro atoms. The van der Waals surface area contributed by atoms with Crippen molar-refractivity contribution in [1.29, 1.82) is 0 Å². The molecule has 0 bridgehead atoms. The van der Waals surface area contributed by atoms with Gasteiger partial charge in [0.25, 0.3) is 0 Å². The van der Waals surface area contributed by atoms with Crippen LogP contribution < -0.4 is 9.47 Å². The third kappa shape index (κ3) is 4.27.